The lowest BCUT2D eigenvalue weighted by Gasteiger charge is -2.37. The van der Waals surface area contributed by atoms with Crippen LogP contribution in [0.2, 0.25) is 0 Å². The molecule has 1 unspecified atom stereocenters. The lowest BCUT2D eigenvalue weighted by Crippen LogP contribution is -2.53. The molecule has 3 aromatic rings. The molecule has 6 nitrogen and oxygen atoms in total. The first kappa shape index (κ1) is 17.5. The summed E-state index contributed by atoms with van der Waals surface area (Å²) in [6.07, 6.45) is 0. The van der Waals surface area contributed by atoms with Crippen LogP contribution in [-0.4, -0.2) is 35.8 Å². The van der Waals surface area contributed by atoms with Gasteiger partial charge in [-0.3, -0.25) is 0 Å². The summed E-state index contributed by atoms with van der Waals surface area (Å²) in [6.45, 7) is 7.14. The number of para-hydroxylation sites is 1. The second kappa shape index (κ2) is 7.80. The van der Waals surface area contributed by atoms with Gasteiger partial charge in [-0.1, -0.05) is 49.3 Å². The van der Waals surface area contributed by atoms with Gasteiger partial charge in [-0.05, 0) is 30.2 Å². The van der Waals surface area contributed by atoms with Crippen molar-refractivity contribution >= 4 is 6.01 Å². The van der Waals surface area contributed by atoms with Crippen molar-refractivity contribution in [1.82, 2.24) is 15.5 Å². The van der Waals surface area contributed by atoms with E-state index < -0.39 is 0 Å². The number of nitrogens with zero attached hydrogens (tertiary/aromatic N) is 3. The Morgan fingerprint density at radius 3 is 2.74 bits per heavy atom. The van der Waals surface area contributed by atoms with E-state index >= 15 is 0 Å². The minimum Gasteiger partial charge on any atom is -0.457 e. The molecule has 0 radical (unpaired) electrons. The van der Waals surface area contributed by atoms with Gasteiger partial charge < -0.3 is 19.5 Å². The highest BCUT2D eigenvalue weighted by molar-refractivity contribution is 5.58. The van der Waals surface area contributed by atoms with Crippen LogP contribution in [0.15, 0.2) is 59.1 Å². The minimum absolute atomic E-state index is 0.347. The van der Waals surface area contributed by atoms with Gasteiger partial charge in [0.05, 0.1) is 0 Å². The quantitative estimate of drug-likeness (QED) is 0.739. The Bertz CT molecular complexity index is 879. The van der Waals surface area contributed by atoms with Crippen LogP contribution in [0.3, 0.4) is 0 Å². The summed E-state index contributed by atoms with van der Waals surface area (Å²) >= 11 is 0. The fourth-order valence-electron chi connectivity index (χ4n) is 3.33. The van der Waals surface area contributed by atoms with Crippen LogP contribution in [0.1, 0.15) is 13.8 Å². The molecule has 1 saturated heterocycles. The average Bonchev–Trinajstić information content (AvgIpc) is 3.19. The number of nitrogens with one attached hydrogen (secondary N) is 1. The van der Waals surface area contributed by atoms with E-state index in [1.165, 1.54) is 0 Å². The lowest BCUT2D eigenvalue weighted by atomic mass is 10.0. The van der Waals surface area contributed by atoms with Crippen LogP contribution >= 0.6 is 0 Å². The molecule has 1 aliphatic heterocycles. The summed E-state index contributed by atoms with van der Waals surface area (Å²) in [5.41, 5.74) is 0.870. The fraction of sp³-hybridized carbons (Fsp3) is 0.333. The van der Waals surface area contributed by atoms with Gasteiger partial charge in [0, 0.05) is 31.2 Å². The standard InChI is InChI=1S/C21H24N4O2/c1-15(2)19-14-22-11-12-25(19)21-23-20(24-27-21)16-7-6-10-18(13-16)26-17-8-4-3-5-9-17/h3-10,13,15,19,22H,11-12,14H2,1-2H3. The third-order valence-electron chi connectivity index (χ3n) is 4.78. The van der Waals surface area contributed by atoms with E-state index in [0.717, 1.165) is 36.7 Å². The number of hydrogen-bond donors (Lipinski definition) is 1. The van der Waals surface area contributed by atoms with E-state index in [-0.39, 0.29) is 0 Å². The molecule has 1 aliphatic rings. The number of ether oxygens (including phenoxy) is 1. The highest BCUT2D eigenvalue weighted by atomic mass is 16.5. The van der Waals surface area contributed by atoms with Gasteiger partial charge in [0.2, 0.25) is 5.82 Å². The van der Waals surface area contributed by atoms with Gasteiger partial charge in [0.15, 0.2) is 0 Å². The highest BCUT2D eigenvalue weighted by Gasteiger charge is 2.29. The predicted molar refractivity (Wildman–Crippen MR) is 105 cm³/mol. The maximum absolute atomic E-state index is 5.91. The van der Waals surface area contributed by atoms with E-state index in [2.05, 4.69) is 34.2 Å². The number of rotatable bonds is 5. The molecule has 140 valence electrons. The van der Waals surface area contributed by atoms with Gasteiger partial charge in [-0.25, -0.2) is 0 Å². The van der Waals surface area contributed by atoms with Crippen LogP contribution in [-0.2, 0) is 0 Å². The van der Waals surface area contributed by atoms with E-state index in [1.54, 1.807) is 0 Å². The number of aromatic nitrogens is 2. The zero-order valence-corrected chi connectivity index (χ0v) is 15.6. The zero-order valence-electron chi connectivity index (χ0n) is 15.6. The van der Waals surface area contributed by atoms with Crippen molar-refractivity contribution in [2.24, 2.45) is 5.92 Å². The van der Waals surface area contributed by atoms with Crippen molar-refractivity contribution in [1.29, 1.82) is 0 Å². The molecule has 0 aliphatic carbocycles. The Morgan fingerprint density at radius 2 is 1.93 bits per heavy atom. The predicted octanol–water partition coefficient (Wildman–Crippen LogP) is 3.96. The summed E-state index contributed by atoms with van der Waals surface area (Å²) in [5, 5.41) is 7.64. The Balaban J connectivity index is 1.55. The molecule has 0 bridgehead atoms. The molecular formula is C21H24N4O2. The summed E-state index contributed by atoms with van der Waals surface area (Å²) in [7, 11) is 0. The molecule has 6 heteroatoms. The number of benzene rings is 2. The largest absolute Gasteiger partial charge is 0.457 e. The Morgan fingerprint density at radius 1 is 1.11 bits per heavy atom. The third kappa shape index (κ3) is 3.95. The van der Waals surface area contributed by atoms with Crippen molar-refractivity contribution in [2.45, 2.75) is 19.9 Å². The van der Waals surface area contributed by atoms with Gasteiger partial charge in [-0.15, -0.1) is 0 Å². The van der Waals surface area contributed by atoms with Crippen molar-refractivity contribution in [3.05, 3.63) is 54.6 Å². The fourth-order valence-corrected chi connectivity index (χ4v) is 3.33. The molecular weight excluding hydrogens is 340 g/mol. The van der Waals surface area contributed by atoms with Crippen LogP contribution in [0.4, 0.5) is 6.01 Å². The van der Waals surface area contributed by atoms with Gasteiger partial charge >= 0.3 is 6.01 Å². The van der Waals surface area contributed by atoms with Crippen LogP contribution in [0, 0.1) is 5.92 Å². The minimum atomic E-state index is 0.347. The molecule has 1 N–H and O–H groups in total. The zero-order chi connectivity index (χ0) is 18.6. The summed E-state index contributed by atoms with van der Waals surface area (Å²) in [4.78, 5) is 6.86. The summed E-state index contributed by atoms with van der Waals surface area (Å²) < 4.78 is 11.5. The Hall–Kier alpha value is -2.86. The van der Waals surface area contributed by atoms with Gasteiger partial charge in [0.1, 0.15) is 11.5 Å². The smallest absolute Gasteiger partial charge is 0.324 e. The van der Waals surface area contributed by atoms with E-state index in [1.807, 2.05) is 54.6 Å². The van der Waals surface area contributed by atoms with E-state index in [9.17, 15) is 0 Å². The molecule has 2 heterocycles. The van der Waals surface area contributed by atoms with Gasteiger partial charge in [0.25, 0.3) is 0 Å². The molecule has 1 fully saturated rings. The second-order valence-corrected chi connectivity index (χ2v) is 7.05. The molecule has 0 saturated carbocycles. The van der Waals surface area contributed by atoms with E-state index in [0.29, 0.717) is 23.8 Å². The maximum atomic E-state index is 5.91. The molecule has 0 amide bonds. The SMILES string of the molecule is CC(C)C1CNCCN1c1nc(-c2cccc(Oc3ccccc3)c2)no1. The van der Waals surface area contributed by atoms with Crippen molar-refractivity contribution < 1.29 is 9.26 Å². The lowest BCUT2D eigenvalue weighted by molar-refractivity contribution is 0.342. The molecule has 2 aromatic carbocycles. The number of hydrogen-bond acceptors (Lipinski definition) is 6. The number of piperazine rings is 1. The molecule has 27 heavy (non-hydrogen) atoms. The Labute approximate surface area is 159 Å². The van der Waals surface area contributed by atoms with Crippen molar-refractivity contribution in [3.8, 4) is 22.9 Å². The average molecular weight is 364 g/mol. The van der Waals surface area contributed by atoms with Crippen molar-refractivity contribution in [2.75, 3.05) is 24.5 Å². The summed E-state index contributed by atoms with van der Waals surface area (Å²) in [5.74, 6) is 2.61. The first-order chi connectivity index (χ1) is 13.2. The number of anilines is 1. The second-order valence-electron chi connectivity index (χ2n) is 7.05. The van der Waals surface area contributed by atoms with E-state index in [4.69, 9.17) is 9.26 Å². The van der Waals surface area contributed by atoms with Crippen LogP contribution in [0.5, 0.6) is 11.5 Å². The topological polar surface area (TPSA) is 63.4 Å². The molecule has 0 spiro atoms. The Kier molecular flexibility index (Phi) is 5.07. The van der Waals surface area contributed by atoms with Crippen LogP contribution in [0.25, 0.3) is 11.4 Å². The maximum Gasteiger partial charge on any atom is 0.324 e. The first-order valence-electron chi connectivity index (χ1n) is 9.35. The van der Waals surface area contributed by atoms with Gasteiger partial charge in [-0.2, -0.15) is 4.98 Å². The third-order valence-corrected chi connectivity index (χ3v) is 4.78. The normalized spacial score (nSPS) is 17.3. The summed E-state index contributed by atoms with van der Waals surface area (Å²) in [6, 6.07) is 18.4. The molecule has 1 aromatic heterocycles. The molecule has 4 rings (SSSR count). The van der Waals surface area contributed by atoms with Crippen LogP contribution < -0.4 is 15.0 Å². The molecule has 1 atom stereocenters. The monoisotopic (exact) mass is 364 g/mol. The highest BCUT2D eigenvalue weighted by Crippen LogP contribution is 2.28. The van der Waals surface area contributed by atoms with Crippen molar-refractivity contribution in [3.63, 3.8) is 0 Å². The first-order valence-corrected chi connectivity index (χ1v) is 9.35.